The van der Waals surface area contributed by atoms with E-state index >= 15 is 0 Å². The minimum atomic E-state index is -0.261. The highest BCUT2D eigenvalue weighted by Crippen LogP contribution is 2.21. The number of amides is 1. The van der Waals surface area contributed by atoms with Crippen LogP contribution in [-0.4, -0.2) is 45.8 Å². The van der Waals surface area contributed by atoms with Gasteiger partial charge < -0.3 is 10.2 Å². The minimum absolute atomic E-state index is 0.0233. The van der Waals surface area contributed by atoms with Crippen LogP contribution in [0.15, 0.2) is 35.1 Å². The molecule has 1 saturated heterocycles. The number of quaternary nitrogens is 1. The number of para-hydroxylation sites is 1. The highest BCUT2D eigenvalue weighted by Gasteiger charge is 2.21. The Kier molecular flexibility index (Phi) is 5.17. The minimum Gasteiger partial charge on any atom is -0.349 e. The molecule has 2 aromatic heterocycles. The van der Waals surface area contributed by atoms with Crippen LogP contribution in [0.4, 0.5) is 0 Å². The molecule has 3 heterocycles. The van der Waals surface area contributed by atoms with Crippen LogP contribution in [0.5, 0.6) is 0 Å². The summed E-state index contributed by atoms with van der Waals surface area (Å²) in [5, 5.41) is 3.95. The average molecular weight is 382 g/mol. The second-order valence-electron chi connectivity index (χ2n) is 7.85. The van der Waals surface area contributed by atoms with Gasteiger partial charge >= 0.3 is 0 Å². The molecule has 7 heteroatoms. The smallest absolute Gasteiger partial charge is 0.273 e. The molecule has 3 aromatic rings. The number of nitrogens with one attached hydrogen (secondary N) is 2. The topological polar surface area (TPSA) is 72.8 Å². The van der Waals surface area contributed by atoms with Crippen molar-refractivity contribution in [3.63, 3.8) is 0 Å². The van der Waals surface area contributed by atoms with Crippen LogP contribution in [0.1, 0.15) is 31.9 Å². The maximum atomic E-state index is 12.7. The van der Waals surface area contributed by atoms with Crippen LogP contribution >= 0.6 is 0 Å². The summed E-state index contributed by atoms with van der Waals surface area (Å²) in [5.74, 6) is -0.0233. The van der Waals surface area contributed by atoms with Gasteiger partial charge in [-0.05, 0) is 45.2 Å². The number of carbonyl (C=O) groups is 1. The van der Waals surface area contributed by atoms with Crippen molar-refractivity contribution in [3.05, 3.63) is 46.4 Å². The quantitative estimate of drug-likeness (QED) is 0.676. The number of carbonyl (C=O) groups excluding carboxylic acids is 1. The van der Waals surface area contributed by atoms with Gasteiger partial charge in [0.25, 0.3) is 5.56 Å². The Labute approximate surface area is 163 Å². The third kappa shape index (κ3) is 3.54. The Morgan fingerprint density at radius 2 is 2.14 bits per heavy atom. The van der Waals surface area contributed by atoms with Crippen molar-refractivity contribution >= 4 is 22.5 Å². The fourth-order valence-electron chi connectivity index (χ4n) is 4.40. The number of nitrogens with zero attached hydrogens (tertiary/aromatic N) is 3. The number of benzene rings is 1. The van der Waals surface area contributed by atoms with E-state index in [9.17, 15) is 9.59 Å². The fraction of sp³-hybridized carbons (Fsp3) is 0.476. The Hall–Kier alpha value is -2.67. The number of aromatic nitrogens is 3. The van der Waals surface area contributed by atoms with Gasteiger partial charge in [0, 0.05) is 17.1 Å². The first-order chi connectivity index (χ1) is 13.5. The van der Waals surface area contributed by atoms with E-state index in [1.54, 1.807) is 4.90 Å². The Balaban J connectivity index is 1.53. The van der Waals surface area contributed by atoms with Crippen LogP contribution in [0.2, 0.25) is 0 Å². The average Bonchev–Trinajstić information content (AvgIpc) is 2.97. The normalized spacial score (nSPS) is 19.9. The molecule has 2 N–H and O–H groups in total. The molecule has 1 amide bonds. The molecule has 0 radical (unpaired) electrons. The molecule has 2 atom stereocenters. The van der Waals surface area contributed by atoms with Crippen molar-refractivity contribution in [2.45, 2.75) is 45.7 Å². The lowest BCUT2D eigenvalue weighted by Crippen LogP contribution is -3.16. The van der Waals surface area contributed by atoms with E-state index in [1.165, 1.54) is 31.9 Å². The first kappa shape index (κ1) is 18.7. The Bertz CT molecular complexity index is 1070. The molecule has 1 aromatic carbocycles. The number of hydrogen-bond donors (Lipinski definition) is 2. The summed E-state index contributed by atoms with van der Waals surface area (Å²) in [6, 6.07) is 9.93. The highest BCUT2D eigenvalue weighted by atomic mass is 16.2. The number of piperidine rings is 1. The van der Waals surface area contributed by atoms with Crippen LogP contribution < -0.4 is 15.8 Å². The lowest BCUT2D eigenvalue weighted by molar-refractivity contribution is -0.927. The SMILES string of the molecule is Cc1cc(=O)nc2c3ccccc3n(CC(=O)NCC[NH+]3CCCCC3C)n12. The second-order valence-corrected chi connectivity index (χ2v) is 7.85. The molecule has 148 valence electrons. The number of aryl methyl sites for hydroxylation is 1. The van der Waals surface area contributed by atoms with Crippen molar-refractivity contribution in [3.8, 4) is 0 Å². The largest absolute Gasteiger partial charge is 0.349 e. The van der Waals surface area contributed by atoms with Gasteiger partial charge in [-0.25, -0.2) is 4.52 Å². The van der Waals surface area contributed by atoms with Gasteiger partial charge in [0.1, 0.15) is 6.54 Å². The third-order valence-corrected chi connectivity index (χ3v) is 5.89. The summed E-state index contributed by atoms with van der Waals surface area (Å²) >= 11 is 0. The van der Waals surface area contributed by atoms with E-state index in [2.05, 4.69) is 17.2 Å². The van der Waals surface area contributed by atoms with Crippen LogP contribution in [0.25, 0.3) is 16.6 Å². The predicted octanol–water partition coefficient (Wildman–Crippen LogP) is 0.531. The zero-order chi connectivity index (χ0) is 19.7. The number of fused-ring (bicyclic) bond motifs is 3. The number of likely N-dealkylation sites (tertiary alicyclic amines) is 1. The first-order valence-electron chi connectivity index (χ1n) is 10.1. The maximum Gasteiger partial charge on any atom is 0.273 e. The van der Waals surface area contributed by atoms with Crippen molar-refractivity contribution in [2.75, 3.05) is 19.6 Å². The predicted molar refractivity (Wildman–Crippen MR) is 109 cm³/mol. The monoisotopic (exact) mass is 382 g/mol. The highest BCUT2D eigenvalue weighted by molar-refractivity contribution is 5.93. The van der Waals surface area contributed by atoms with Gasteiger partial charge in [0.05, 0.1) is 31.2 Å². The summed E-state index contributed by atoms with van der Waals surface area (Å²) in [5.41, 5.74) is 2.00. The molecule has 4 rings (SSSR count). The molecule has 0 saturated carbocycles. The van der Waals surface area contributed by atoms with E-state index < -0.39 is 0 Å². The molecule has 1 aliphatic heterocycles. The molecule has 0 spiro atoms. The van der Waals surface area contributed by atoms with Crippen molar-refractivity contribution in [2.24, 2.45) is 0 Å². The van der Waals surface area contributed by atoms with Crippen molar-refractivity contribution in [1.29, 1.82) is 0 Å². The van der Waals surface area contributed by atoms with Gasteiger partial charge in [0.15, 0.2) is 5.65 Å². The Morgan fingerprint density at radius 3 is 2.96 bits per heavy atom. The van der Waals surface area contributed by atoms with Crippen LogP contribution in [0, 0.1) is 6.92 Å². The summed E-state index contributed by atoms with van der Waals surface area (Å²) < 4.78 is 3.77. The fourth-order valence-corrected chi connectivity index (χ4v) is 4.40. The summed E-state index contributed by atoms with van der Waals surface area (Å²) in [6.45, 7) is 7.20. The zero-order valence-electron chi connectivity index (χ0n) is 16.6. The Morgan fingerprint density at radius 1 is 1.32 bits per heavy atom. The van der Waals surface area contributed by atoms with Crippen molar-refractivity contribution in [1.82, 2.24) is 19.5 Å². The second kappa shape index (κ2) is 7.75. The molecule has 1 fully saturated rings. The molecule has 7 nitrogen and oxygen atoms in total. The standard InChI is InChI=1S/C21H27N5O2/c1-15-7-5-6-11-24(15)12-10-22-20(28)14-25-18-9-4-3-8-17(18)21-23-19(27)13-16(2)26(21)25/h3-4,8-9,13,15H,5-7,10-12,14H2,1-2H3,(H,22,28)/p+1. The van der Waals surface area contributed by atoms with Gasteiger partial charge in [-0.3, -0.25) is 14.3 Å². The van der Waals surface area contributed by atoms with E-state index in [4.69, 9.17) is 0 Å². The molecule has 28 heavy (non-hydrogen) atoms. The van der Waals surface area contributed by atoms with Gasteiger partial charge in [0.2, 0.25) is 5.91 Å². The zero-order valence-corrected chi connectivity index (χ0v) is 16.6. The molecular weight excluding hydrogens is 354 g/mol. The molecular formula is C21H28N5O2+. The van der Waals surface area contributed by atoms with E-state index in [1.807, 2.05) is 40.4 Å². The van der Waals surface area contributed by atoms with Gasteiger partial charge in [-0.2, -0.15) is 4.98 Å². The third-order valence-electron chi connectivity index (χ3n) is 5.89. The van der Waals surface area contributed by atoms with Gasteiger partial charge in [-0.1, -0.05) is 12.1 Å². The molecule has 0 bridgehead atoms. The maximum absolute atomic E-state index is 12.7. The first-order valence-corrected chi connectivity index (χ1v) is 10.1. The molecule has 2 unspecified atom stereocenters. The van der Waals surface area contributed by atoms with E-state index in [0.717, 1.165) is 23.1 Å². The number of rotatable bonds is 5. The van der Waals surface area contributed by atoms with Crippen LogP contribution in [0.3, 0.4) is 0 Å². The summed E-state index contributed by atoms with van der Waals surface area (Å²) in [4.78, 5) is 30.3. The summed E-state index contributed by atoms with van der Waals surface area (Å²) in [7, 11) is 0. The van der Waals surface area contributed by atoms with Crippen molar-refractivity contribution < 1.29 is 9.69 Å². The van der Waals surface area contributed by atoms with E-state index in [0.29, 0.717) is 18.2 Å². The summed E-state index contributed by atoms with van der Waals surface area (Å²) in [6.07, 6.45) is 3.87. The van der Waals surface area contributed by atoms with E-state index in [-0.39, 0.29) is 18.0 Å². The number of hydrogen-bond acceptors (Lipinski definition) is 3. The lowest BCUT2D eigenvalue weighted by Gasteiger charge is -2.30. The lowest BCUT2D eigenvalue weighted by atomic mass is 10.0. The molecule has 0 aliphatic carbocycles. The van der Waals surface area contributed by atoms with Crippen LogP contribution in [-0.2, 0) is 11.3 Å². The molecule has 1 aliphatic rings. The van der Waals surface area contributed by atoms with Gasteiger partial charge in [-0.15, -0.1) is 0 Å².